The number of hydrogen-bond donors (Lipinski definition) is 1. The van der Waals surface area contributed by atoms with Crippen molar-refractivity contribution >= 4 is 16.9 Å². The minimum atomic E-state index is -0.0469. The summed E-state index contributed by atoms with van der Waals surface area (Å²) in [7, 11) is 0. The van der Waals surface area contributed by atoms with Gasteiger partial charge in [0.25, 0.3) is 5.91 Å². The Balaban J connectivity index is 1.40. The molecule has 1 N–H and O–H groups in total. The molecule has 1 aromatic heterocycles. The Morgan fingerprint density at radius 1 is 1.06 bits per heavy atom. The molecule has 4 aromatic rings. The summed E-state index contributed by atoms with van der Waals surface area (Å²) in [4.78, 5) is 17.5. The highest BCUT2D eigenvalue weighted by molar-refractivity contribution is 5.95. The van der Waals surface area contributed by atoms with Crippen LogP contribution in [0.4, 0.5) is 0 Å². The van der Waals surface area contributed by atoms with Gasteiger partial charge < -0.3 is 14.6 Å². The van der Waals surface area contributed by atoms with Crippen molar-refractivity contribution in [3.63, 3.8) is 0 Å². The van der Waals surface area contributed by atoms with Crippen LogP contribution in [0, 0.1) is 13.8 Å². The Morgan fingerprint density at radius 2 is 1.83 bits per heavy atom. The third kappa shape index (κ3) is 5.91. The number of hydrogen-bond acceptors (Lipinski definition) is 3. The van der Waals surface area contributed by atoms with Crippen molar-refractivity contribution in [2.75, 3.05) is 13.2 Å². The van der Waals surface area contributed by atoms with Crippen LogP contribution in [-0.4, -0.2) is 28.6 Å². The van der Waals surface area contributed by atoms with E-state index in [0.29, 0.717) is 32.0 Å². The van der Waals surface area contributed by atoms with Crippen LogP contribution in [-0.2, 0) is 13.0 Å². The second kappa shape index (κ2) is 11.2. The van der Waals surface area contributed by atoms with Gasteiger partial charge in [0.1, 0.15) is 18.2 Å². The molecule has 0 aliphatic carbocycles. The number of fused-ring (bicyclic) bond motifs is 1. The lowest BCUT2D eigenvalue weighted by molar-refractivity contribution is 0.0953. The van der Waals surface area contributed by atoms with Crippen molar-refractivity contribution in [1.82, 2.24) is 14.9 Å². The molecule has 5 nitrogen and oxygen atoms in total. The molecule has 1 heterocycles. The molecule has 0 saturated carbocycles. The number of imidazole rings is 1. The zero-order chi connectivity index (χ0) is 24.8. The van der Waals surface area contributed by atoms with E-state index in [-0.39, 0.29) is 5.91 Å². The SMILES string of the molecule is CCC(C)c1ccc(OCCn2c(CCNC(=O)c3ccc(C)cc3C)nc3ccccc32)cc1. The Labute approximate surface area is 208 Å². The first-order chi connectivity index (χ1) is 17.0. The van der Waals surface area contributed by atoms with Gasteiger partial charge in [-0.05, 0) is 67.6 Å². The van der Waals surface area contributed by atoms with Crippen molar-refractivity contribution in [3.05, 3.63) is 94.8 Å². The first-order valence-electron chi connectivity index (χ1n) is 12.5. The van der Waals surface area contributed by atoms with Crippen LogP contribution in [0.3, 0.4) is 0 Å². The lowest BCUT2D eigenvalue weighted by Gasteiger charge is -2.13. The van der Waals surface area contributed by atoms with E-state index >= 15 is 0 Å². The van der Waals surface area contributed by atoms with Gasteiger partial charge in [0.05, 0.1) is 17.6 Å². The molecule has 1 amide bonds. The lowest BCUT2D eigenvalue weighted by Crippen LogP contribution is -2.27. The maximum absolute atomic E-state index is 12.7. The monoisotopic (exact) mass is 469 g/mol. The van der Waals surface area contributed by atoms with Gasteiger partial charge in [-0.1, -0.05) is 55.8 Å². The molecule has 0 radical (unpaired) electrons. The zero-order valence-electron chi connectivity index (χ0n) is 21.2. The molecule has 3 aromatic carbocycles. The van der Waals surface area contributed by atoms with Gasteiger partial charge in [-0.3, -0.25) is 4.79 Å². The summed E-state index contributed by atoms with van der Waals surface area (Å²) in [6, 6.07) is 22.4. The molecule has 1 unspecified atom stereocenters. The van der Waals surface area contributed by atoms with Crippen molar-refractivity contribution in [1.29, 1.82) is 0 Å². The topological polar surface area (TPSA) is 56.1 Å². The summed E-state index contributed by atoms with van der Waals surface area (Å²) in [5.41, 5.74) is 6.24. The average molecular weight is 470 g/mol. The number of aromatic nitrogens is 2. The zero-order valence-corrected chi connectivity index (χ0v) is 21.2. The molecule has 4 rings (SSSR count). The van der Waals surface area contributed by atoms with Gasteiger partial charge in [0, 0.05) is 18.5 Å². The van der Waals surface area contributed by atoms with Crippen molar-refractivity contribution in [2.45, 2.75) is 53.0 Å². The summed E-state index contributed by atoms with van der Waals surface area (Å²) >= 11 is 0. The summed E-state index contributed by atoms with van der Waals surface area (Å²) in [6.45, 7) is 10.2. The van der Waals surface area contributed by atoms with Crippen LogP contribution < -0.4 is 10.1 Å². The van der Waals surface area contributed by atoms with Crippen molar-refractivity contribution in [2.24, 2.45) is 0 Å². The molecule has 0 fully saturated rings. The molecule has 0 aliphatic rings. The fraction of sp³-hybridized carbons (Fsp3) is 0.333. The van der Waals surface area contributed by atoms with Crippen molar-refractivity contribution in [3.8, 4) is 5.75 Å². The highest BCUT2D eigenvalue weighted by Crippen LogP contribution is 2.22. The first kappa shape index (κ1) is 24.5. The predicted molar refractivity (Wildman–Crippen MR) is 142 cm³/mol. The van der Waals surface area contributed by atoms with Crippen LogP contribution >= 0.6 is 0 Å². The van der Waals surface area contributed by atoms with Gasteiger partial charge >= 0.3 is 0 Å². The van der Waals surface area contributed by atoms with E-state index < -0.39 is 0 Å². The van der Waals surface area contributed by atoms with E-state index in [1.807, 2.05) is 50.2 Å². The van der Waals surface area contributed by atoms with E-state index in [1.165, 1.54) is 5.56 Å². The van der Waals surface area contributed by atoms with E-state index in [0.717, 1.165) is 45.7 Å². The lowest BCUT2D eigenvalue weighted by atomic mass is 9.99. The molecule has 1 atom stereocenters. The minimum Gasteiger partial charge on any atom is -0.492 e. The van der Waals surface area contributed by atoms with Crippen LogP contribution in [0.2, 0.25) is 0 Å². The second-order valence-corrected chi connectivity index (χ2v) is 9.22. The molecule has 182 valence electrons. The fourth-order valence-electron chi connectivity index (χ4n) is 4.40. The Bertz CT molecular complexity index is 1290. The van der Waals surface area contributed by atoms with Gasteiger partial charge in [0.15, 0.2) is 0 Å². The summed E-state index contributed by atoms with van der Waals surface area (Å²) in [5.74, 6) is 2.33. The molecular weight excluding hydrogens is 434 g/mol. The molecule has 35 heavy (non-hydrogen) atoms. The third-order valence-electron chi connectivity index (χ3n) is 6.64. The first-order valence-corrected chi connectivity index (χ1v) is 12.5. The third-order valence-corrected chi connectivity index (χ3v) is 6.64. The average Bonchev–Trinajstić information content (AvgIpc) is 3.21. The Hall–Kier alpha value is -3.60. The van der Waals surface area contributed by atoms with Gasteiger partial charge in [0.2, 0.25) is 0 Å². The quantitative estimate of drug-likeness (QED) is 0.300. The standard InChI is InChI=1S/C30H35N3O2/c1-5-22(3)24-11-13-25(14-12-24)35-19-18-33-28-9-7-6-8-27(28)32-29(33)16-17-31-30(34)26-15-10-21(2)20-23(26)4/h6-15,20,22H,5,16-19H2,1-4H3,(H,31,34). The Kier molecular flexibility index (Phi) is 7.86. The fourth-order valence-corrected chi connectivity index (χ4v) is 4.40. The number of rotatable bonds is 10. The van der Waals surface area contributed by atoms with Gasteiger partial charge in [-0.25, -0.2) is 4.98 Å². The van der Waals surface area contributed by atoms with Crippen molar-refractivity contribution < 1.29 is 9.53 Å². The summed E-state index contributed by atoms with van der Waals surface area (Å²) in [6.07, 6.45) is 1.77. The number of nitrogens with one attached hydrogen (secondary N) is 1. The highest BCUT2D eigenvalue weighted by atomic mass is 16.5. The molecule has 0 bridgehead atoms. The van der Waals surface area contributed by atoms with Gasteiger partial charge in [-0.2, -0.15) is 0 Å². The van der Waals surface area contributed by atoms with E-state index in [4.69, 9.17) is 9.72 Å². The van der Waals surface area contributed by atoms with E-state index in [2.05, 4.69) is 54.1 Å². The van der Waals surface area contributed by atoms with E-state index in [9.17, 15) is 4.79 Å². The van der Waals surface area contributed by atoms with Crippen LogP contribution in [0.5, 0.6) is 5.75 Å². The highest BCUT2D eigenvalue weighted by Gasteiger charge is 2.13. The largest absolute Gasteiger partial charge is 0.492 e. The van der Waals surface area contributed by atoms with Crippen LogP contribution in [0.25, 0.3) is 11.0 Å². The number of carbonyl (C=O) groups excluding carboxylic acids is 1. The second-order valence-electron chi connectivity index (χ2n) is 9.22. The Morgan fingerprint density at radius 3 is 2.57 bits per heavy atom. The molecular formula is C30H35N3O2. The minimum absolute atomic E-state index is 0.0469. The van der Waals surface area contributed by atoms with E-state index in [1.54, 1.807) is 0 Å². The number of ether oxygens (including phenoxy) is 1. The smallest absolute Gasteiger partial charge is 0.251 e. The molecule has 0 spiro atoms. The summed E-state index contributed by atoms with van der Waals surface area (Å²) < 4.78 is 8.26. The number of aryl methyl sites for hydroxylation is 2. The predicted octanol–water partition coefficient (Wildman–Crippen LogP) is 6.22. The molecule has 5 heteroatoms. The number of amides is 1. The van der Waals surface area contributed by atoms with Crippen LogP contribution in [0.1, 0.15) is 59.1 Å². The maximum atomic E-state index is 12.7. The molecule has 0 saturated heterocycles. The number of para-hydroxylation sites is 2. The number of carbonyl (C=O) groups is 1. The molecule has 0 aliphatic heterocycles. The summed E-state index contributed by atoms with van der Waals surface area (Å²) in [5, 5.41) is 3.06. The normalized spacial score (nSPS) is 12.0. The van der Waals surface area contributed by atoms with Crippen LogP contribution in [0.15, 0.2) is 66.7 Å². The number of nitrogens with zero attached hydrogens (tertiary/aromatic N) is 2. The van der Waals surface area contributed by atoms with Gasteiger partial charge in [-0.15, -0.1) is 0 Å². The maximum Gasteiger partial charge on any atom is 0.251 e. The number of benzene rings is 3.